The molecule has 0 spiro atoms. The summed E-state index contributed by atoms with van der Waals surface area (Å²) in [5.41, 5.74) is -1.25. The van der Waals surface area contributed by atoms with Crippen LogP contribution >= 0.6 is 0 Å². The van der Waals surface area contributed by atoms with Gasteiger partial charge in [0.15, 0.2) is 0 Å². The zero-order valence-electron chi connectivity index (χ0n) is 13.0. The highest BCUT2D eigenvalue weighted by molar-refractivity contribution is 5.81. The first-order chi connectivity index (χ1) is 12.3. The topological polar surface area (TPSA) is 90.1 Å². The van der Waals surface area contributed by atoms with Crippen LogP contribution in [0.25, 0.3) is 16.7 Å². The van der Waals surface area contributed by atoms with E-state index in [1.54, 1.807) is 30.3 Å². The number of fused-ring (bicyclic) bond motifs is 1. The number of aromatic nitrogens is 2. The van der Waals surface area contributed by atoms with Gasteiger partial charge in [0.05, 0.1) is 10.6 Å². The molecule has 0 saturated heterocycles. The summed E-state index contributed by atoms with van der Waals surface area (Å²) in [6.45, 7) is -1.30. The minimum atomic E-state index is -4.44. The van der Waals surface area contributed by atoms with Crippen LogP contribution in [0.5, 0.6) is 0 Å². The van der Waals surface area contributed by atoms with Crippen molar-refractivity contribution in [3.8, 4) is 5.69 Å². The van der Waals surface area contributed by atoms with Crippen LogP contribution in [0.1, 0.15) is 0 Å². The van der Waals surface area contributed by atoms with Crippen molar-refractivity contribution in [1.82, 2.24) is 9.55 Å². The van der Waals surface area contributed by atoms with Crippen LogP contribution < -0.4 is 10.9 Å². The van der Waals surface area contributed by atoms with Crippen molar-refractivity contribution < 1.29 is 18.1 Å². The number of nitro groups is 1. The fourth-order valence-electron chi connectivity index (χ4n) is 2.41. The maximum atomic E-state index is 12.5. The molecule has 0 saturated carbocycles. The fraction of sp³-hybridized carbons (Fsp3) is 0.125. The quantitative estimate of drug-likeness (QED) is 0.567. The molecule has 7 nitrogen and oxygen atoms in total. The lowest BCUT2D eigenvalue weighted by molar-refractivity contribution is -0.386. The summed E-state index contributed by atoms with van der Waals surface area (Å²) >= 11 is 0. The Morgan fingerprint density at radius 1 is 1.15 bits per heavy atom. The fourth-order valence-corrected chi connectivity index (χ4v) is 2.41. The number of pyridine rings is 2. The maximum absolute atomic E-state index is 12.5. The van der Waals surface area contributed by atoms with E-state index < -0.39 is 28.9 Å². The van der Waals surface area contributed by atoms with Crippen molar-refractivity contribution in [3.05, 3.63) is 69.0 Å². The third-order valence-electron chi connectivity index (χ3n) is 3.51. The second kappa shape index (κ2) is 6.47. The number of nitrogens with zero attached hydrogens (tertiary/aromatic N) is 3. The summed E-state index contributed by atoms with van der Waals surface area (Å²) in [5, 5.41) is 13.5. The second-order valence-electron chi connectivity index (χ2n) is 5.34. The number of rotatable bonds is 4. The average molecular weight is 364 g/mol. The van der Waals surface area contributed by atoms with E-state index in [0.29, 0.717) is 5.69 Å². The number of benzene rings is 1. The second-order valence-corrected chi connectivity index (χ2v) is 5.34. The van der Waals surface area contributed by atoms with E-state index in [1.807, 2.05) is 0 Å². The Morgan fingerprint density at radius 3 is 2.46 bits per heavy atom. The largest absolute Gasteiger partial charge is 0.405 e. The molecular weight excluding hydrogens is 353 g/mol. The van der Waals surface area contributed by atoms with Crippen molar-refractivity contribution in [1.29, 1.82) is 0 Å². The van der Waals surface area contributed by atoms with Gasteiger partial charge in [0.25, 0.3) is 0 Å². The Kier molecular flexibility index (Phi) is 4.33. The Morgan fingerprint density at radius 2 is 1.85 bits per heavy atom. The first-order valence-electron chi connectivity index (χ1n) is 7.33. The van der Waals surface area contributed by atoms with Crippen molar-refractivity contribution >= 4 is 22.5 Å². The van der Waals surface area contributed by atoms with Crippen LogP contribution in [-0.2, 0) is 0 Å². The molecule has 0 aliphatic carbocycles. The van der Waals surface area contributed by atoms with Crippen molar-refractivity contribution in [2.24, 2.45) is 0 Å². The highest BCUT2D eigenvalue weighted by Gasteiger charge is 2.27. The van der Waals surface area contributed by atoms with E-state index in [2.05, 4.69) is 10.3 Å². The molecule has 2 heterocycles. The smallest absolute Gasteiger partial charge is 0.361 e. The molecule has 0 radical (unpaired) electrons. The van der Waals surface area contributed by atoms with Gasteiger partial charge < -0.3 is 5.32 Å². The summed E-state index contributed by atoms with van der Waals surface area (Å²) in [4.78, 5) is 26.9. The monoisotopic (exact) mass is 364 g/mol. The third kappa shape index (κ3) is 3.48. The number of nitrogens with one attached hydrogen (secondary N) is 1. The van der Waals surface area contributed by atoms with Gasteiger partial charge in [-0.1, -0.05) is 18.2 Å². The molecule has 0 unspecified atom stereocenters. The van der Waals surface area contributed by atoms with Crippen LogP contribution in [0.15, 0.2) is 53.3 Å². The van der Waals surface area contributed by atoms with Crippen LogP contribution in [0, 0.1) is 10.1 Å². The molecule has 26 heavy (non-hydrogen) atoms. The number of anilines is 1. The van der Waals surface area contributed by atoms with E-state index in [1.165, 1.54) is 12.1 Å². The first-order valence-corrected chi connectivity index (χ1v) is 7.33. The minimum Gasteiger partial charge on any atom is -0.361 e. The van der Waals surface area contributed by atoms with E-state index >= 15 is 0 Å². The molecule has 0 atom stereocenters. The Hall–Kier alpha value is -3.43. The molecule has 0 amide bonds. The highest BCUT2D eigenvalue weighted by Crippen LogP contribution is 2.22. The molecule has 3 rings (SSSR count). The van der Waals surface area contributed by atoms with Gasteiger partial charge in [-0.15, -0.1) is 0 Å². The molecule has 0 aliphatic heterocycles. The number of hydrogen-bond acceptors (Lipinski definition) is 5. The summed E-state index contributed by atoms with van der Waals surface area (Å²) < 4.78 is 38.2. The molecule has 3 aromatic rings. The van der Waals surface area contributed by atoms with Crippen molar-refractivity contribution in [2.75, 3.05) is 11.9 Å². The van der Waals surface area contributed by atoms with Gasteiger partial charge in [0, 0.05) is 11.5 Å². The molecule has 1 N–H and O–H groups in total. The predicted molar refractivity (Wildman–Crippen MR) is 88.5 cm³/mol. The molecule has 0 bridgehead atoms. The summed E-state index contributed by atoms with van der Waals surface area (Å²) in [5.74, 6) is -0.104. The standard InChI is InChI=1S/C16H11F3N4O3/c17-16(18,19)9-20-13-7-6-10-8-12(23(25)26)15(24)22(14(10)21-13)11-4-2-1-3-5-11/h1-8H,9H2,(H,20,21). The van der Waals surface area contributed by atoms with Gasteiger partial charge in [-0.2, -0.15) is 13.2 Å². The van der Waals surface area contributed by atoms with Crippen LogP contribution in [0.2, 0.25) is 0 Å². The minimum absolute atomic E-state index is 0.0129. The zero-order chi connectivity index (χ0) is 18.9. The van der Waals surface area contributed by atoms with E-state index in [9.17, 15) is 28.1 Å². The Labute approximate surface area is 143 Å². The summed E-state index contributed by atoms with van der Waals surface area (Å²) in [6.07, 6.45) is -4.44. The van der Waals surface area contributed by atoms with E-state index in [0.717, 1.165) is 10.6 Å². The highest BCUT2D eigenvalue weighted by atomic mass is 19.4. The number of alkyl halides is 3. The lowest BCUT2D eigenvalue weighted by Crippen LogP contribution is -2.24. The van der Waals surface area contributed by atoms with Gasteiger partial charge in [-0.05, 0) is 24.3 Å². The lowest BCUT2D eigenvalue weighted by atomic mass is 10.2. The van der Waals surface area contributed by atoms with Gasteiger partial charge in [-0.25, -0.2) is 4.98 Å². The molecule has 0 aliphatic rings. The molecule has 1 aromatic carbocycles. The SMILES string of the molecule is O=c1c([N+](=O)[O-])cc2ccc(NCC(F)(F)F)nc2n1-c1ccccc1. The van der Waals surface area contributed by atoms with Crippen molar-refractivity contribution in [2.45, 2.75) is 6.18 Å². The van der Waals surface area contributed by atoms with E-state index in [4.69, 9.17) is 0 Å². The molecule has 134 valence electrons. The van der Waals surface area contributed by atoms with Gasteiger partial charge in [-0.3, -0.25) is 19.5 Å². The van der Waals surface area contributed by atoms with Gasteiger partial charge >= 0.3 is 17.4 Å². The summed E-state index contributed by atoms with van der Waals surface area (Å²) in [6, 6.07) is 11.7. The summed E-state index contributed by atoms with van der Waals surface area (Å²) in [7, 11) is 0. The normalized spacial score (nSPS) is 11.5. The predicted octanol–water partition coefficient (Wildman–Crippen LogP) is 3.27. The molecule has 0 fully saturated rings. The first kappa shape index (κ1) is 17.4. The Bertz CT molecular complexity index is 1030. The average Bonchev–Trinajstić information content (AvgIpc) is 2.59. The Balaban J connectivity index is 2.24. The maximum Gasteiger partial charge on any atom is 0.405 e. The van der Waals surface area contributed by atoms with Crippen LogP contribution in [0.3, 0.4) is 0 Å². The third-order valence-corrected chi connectivity index (χ3v) is 3.51. The molecule has 2 aromatic heterocycles. The van der Waals surface area contributed by atoms with Crippen LogP contribution in [-0.4, -0.2) is 27.2 Å². The lowest BCUT2D eigenvalue weighted by Gasteiger charge is -2.12. The van der Waals surface area contributed by atoms with Gasteiger partial charge in [0.2, 0.25) is 0 Å². The van der Waals surface area contributed by atoms with Gasteiger partial charge in [0.1, 0.15) is 18.0 Å². The zero-order valence-corrected chi connectivity index (χ0v) is 13.0. The van der Waals surface area contributed by atoms with Crippen molar-refractivity contribution in [3.63, 3.8) is 0 Å². The number of para-hydroxylation sites is 1. The van der Waals surface area contributed by atoms with Crippen LogP contribution in [0.4, 0.5) is 24.7 Å². The van der Waals surface area contributed by atoms with E-state index in [-0.39, 0.29) is 16.9 Å². The molecule has 10 heteroatoms. The number of hydrogen-bond donors (Lipinski definition) is 1. The number of halogens is 3. The molecular formula is C16H11F3N4O3.